The van der Waals surface area contributed by atoms with Crippen LogP contribution in [0.4, 0.5) is 0 Å². The molecule has 0 fully saturated rings. The second kappa shape index (κ2) is 7.93. The molecule has 1 atom stereocenters. The highest BCUT2D eigenvalue weighted by Crippen LogP contribution is 2.52. The Balaban J connectivity index is 3.27. The molecule has 0 amide bonds. The summed E-state index contributed by atoms with van der Waals surface area (Å²) in [7, 11) is 0. The Hall–Kier alpha value is -1.31. The fourth-order valence-corrected chi connectivity index (χ4v) is 3.25. The molecular formula is C23H38O2. The topological polar surface area (TPSA) is 26.3 Å². The van der Waals surface area contributed by atoms with Crippen molar-refractivity contribution >= 4 is 5.97 Å². The number of carbonyl (C=O) groups excluding carboxylic acids is 1. The van der Waals surface area contributed by atoms with Crippen LogP contribution >= 0.6 is 0 Å². The lowest BCUT2D eigenvalue weighted by molar-refractivity contribution is -0.161. The van der Waals surface area contributed by atoms with Gasteiger partial charge in [-0.1, -0.05) is 71.9 Å². The van der Waals surface area contributed by atoms with E-state index in [0.29, 0.717) is 18.4 Å². The van der Waals surface area contributed by atoms with Gasteiger partial charge in [-0.25, -0.2) is 0 Å². The molecule has 0 aliphatic rings. The Labute approximate surface area is 155 Å². The Morgan fingerprint density at radius 2 is 1.52 bits per heavy atom. The zero-order valence-corrected chi connectivity index (χ0v) is 17.8. The normalized spacial score (nSPS) is 14.5. The van der Waals surface area contributed by atoms with Crippen LogP contribution < -0.4 is 0 Å². The minimum absolute atomic E-state index is 0.103. The number of hydrogen-bond acceptors (Lipinski definition) is 2. The third-order valence-corrected chi connectivity index (χ3v) is 6.78. The molecule has 0 N–H and O–H groups in total. The Morgan fingerprint density at radius 1 is 1.00 bits per heavy atom. The average molecular weight is 347 g/mol. The van der Waals surface area contributed by atoms with Crippen molar-refractivity contribution < 1.29 is 9.53 Å². The smallest absolute Gasteiger partial charge is 0.312 e. The first-order valence-electron chi connectivity index (χ1n) is 9.60. The van der Waals surface area contributed by atoms with Gasteiger partial charge in [-0.3, -0.25) is 4.79 Å². The van der Waals surface area contributed by atoms with Gasteiger partial charge < -0.3 is 4.74 Å². The number of ether oxygens (including phenoxy) is 1. The highest BCUT2D eigenvalue weighted by molar-refractivity contribution is 5.77. The molecule has 1 rings (SSSR count). The largest absolute Gasteiger partial charge is 0.466 e. The van der Waals surface area contributed by atoms with Crippen molar-refractivity contribution in [1.82, 2.24) is 0 Å². The van der Waals surface area contributed by atoms with Crippen molar-refractivity contribution in [1.29, 1.82) is 0 Å². The van der Waals surface area contributed by atoms with Crippen molar-refractivity contribution in [2.75, 3.05) is 6.61 Å². The average Bonchev–Trinajstić information content (AvgIpc) is 2.53. The standard InChI is InChI=1S/C23H38O2/c1-10-25-20(24)23(8,9)21(4,5)16-19(22(6,7)17(2)3)18-14-12-11-13-15-18/h11-15,17,19H,10,16H2,1-9H3. The molecule has 2 nitrogen and oxygen atoms in total. The van der Waals surface area contributed by atoms with E-state index in [9.17, 15) is 4.79 Å². The summed E-state index contributed by atoms with van der Waals surface area (Å²) in [5.41, 5.74) is 0.757. The molecule has 1 unspecified atom stereocenters. The maximum atomic E-state index is 12.6. The van der Waals surface area contributed by atoms with E-state index in [-0.39, 0.29) is 16.8 Å². The van der Waals surface area contributed by atoms with E-state index in [4.69, 9.17) is 4.74 Å². The van der Waals surface area contributed by atoms with Crippen molar-refractivity contribution in [3.63, 3.8) is 0 Å². The minimum atomic E-state index is -0.539. The molecule has 1 aromatic carbocycles. The van der Waals surface area contributed by atoms with Crippen molar-refractivity contribution in [3.05, 3.63) is 35.9 Å². The van der Waals surface area contributed by atoms with Crippen LogP contribution in [0.5, 0.6) is 0 Å². The maximum absolute atomic E-state index is 12.6. The SMILES string of the molecule is CCOC(=O)C(C)(C)C(C)(C)CC(c1ccccc1)C(C)(C)C(C)C. The summed E-state index contributed by atoms with van der Waals surface area (Å²) in [5, 5.41) is 0. The van der Waals surface area contributed by atoms with Crippen LogP contribution in [0, 0.1) is 22.2 Å². The van der Waals surface area contributed by atoms with Gasteiger partial charge in [0.05, 0.1) is 12.0 Å². The first-order chi connectivity index (χ1) is 11.4. The van der Waals surface area contributed by atoms with Crippen LogP contribution in [0.15, 0.2) is 30.3 Å². The summed E-state index contributed by atoms with van der Waals surface area (Å²) in [4.78, 5) is 12.6. The fourth-order valence-electron chi connectivity index (χ4n) is 3.25. The second-order valence-electron chi connectivity index (χ2n) is 9.37. The lowest BCUT2D eigenvalue weighted by Crippen LogP contribution is -2.43. The highest BCUT2D eigenvalue weighted by atomic mass is 16.5. The van der Waals surface area contributed by atoms with Crippen LogP contribution in [0.25, 0.3) is 0 Å². The Morgan fingerprint density at radius 3 is 1.96 bits per heavy atom. The van der Waals surface area contributed by atoms with Crippen LogP contribution in [-0.4, -0.2) is 12.6 Å². The van der Waals surface area contributed by atoms with Crippen LogP contribution in [0.3, 0.4) is 0 Å². The Bertz CT molecular complexity index is 553. The molecule has 0 aromatic heterocycles. The quantitative estimate of drug-likeness (QED) is 0.505. The molecular weight excluding hydrogens is 308 g/mol. The van der Waals surface area contributed by atoms with Gasteiger partial charge in [0.2, 0.25) is 0 Å². The molecule has 0 aliphatic carbocycles. The molecule has 0 saturated carbocycles. The third-order valence-electron chi connectivity index (χ3n) is 6.78. The van der Waals surface area contributed by atoms with E-state index in [1.54, 1.807) is 0 Å². The summed E-state index contributed by atoms with van der Waals surface area (Å²) in [5.74, 6) is 0.811. The van der Waals surface area contributed by atoms with Gasteiger partial charge in [-0.05, 0) is 55.4 Å². The summed E-state index contributed by atoms with van der Waals surface area (Å²) >= 11 is 0. The van der Waals surface area contributed by atoms with Crippen LogP contribution in [-0.2, 0) is 9.53 Å². The van der Waals surface area contributed by atoms with Crippen molar-refractivity contribution in [3.8, 4) is 0 Å². The van der Waals surface area contributed by atoms with Gasteiger partial charge in [0.1, 0.15) is 0 Å². The van der Waals surface area contributed by atoms with Gasteiger partial charge in [0.15, 0.2) is 0 Å². The van der Waals surface area contributed by atoms with E-state index in [1.165, 1.54) is 5.56 Å². The van der Waals surface area contributed by atoms with Gasteiger partial charge in [-0.15, -0.1) is 0 Å². The molecule has 25 heavy (non-hydrogen) atoms. The number of hydrogen-bond donors (Lipinski definition) is 0. The summed E-state index contributed by atoms with van der Waals surface area (Å²) < 4.78 is 5.37. The predicted octanol–water partition coefficient (Wildman–Crippen LogP) is 6.46. The maximum Gasteiger partial charge on any atom is 0.312 e. The Kier molecular flexibility index (Phi) is 6.89. The molecule has 0 spiro atoms. The first-order valence-corrected chi connectivity index (χ1v) is 9.60. The number of carbonyl (C=O) groups is 1. The predicted molar refractivity (Wildman–Crippen MR) is 107 cm³/mol. The number of benzene rings is 1. The summed E-state index contributed by atoms with van der Waals surface area (Å²) in [6.45, 7) is 20.0. The van der Waals surface area contributed by atoms with Crippen molar-refractivity contribution in [2.24, 2.45) is 22.2 Å². The number of esters is 1. The van der Waals surface area contributed by atoms with Crippen LogP contribution in [0.1, 0.15) is 80.2 Å². The fraction of sp³-hybridized carbons (Fsp3) is 0.696. The highest BCUT2D eigenvalue weighted by Gasteiger charge is 2.48. The lowest BCUT2D eigenvalue weighted by atomic mass is 9.57. The van der Waals surface area contributed by atoms with E-state index in [2.05, 4.69) is 71.9 Å². The van der Waals surface area contributed by atoms with E-state index in [0.717, 1.165) is 6.42 Å². The molecule has 0 bridgehead atoms. The van der Waals surface area contributed by atoms with Gasteiger partial charge >= 0.3 is 5.97 Å². The number of rotatable bonds is 8. The lowest BCUT2D eigenvalue weighted by Gasteiger charge is -2.47. The van der Waals surface area contributed by atoms with E-state index in [1.807, 2.05) is 20.8 Å². The summed E-state index contributed by atoms with van der Waals surface area (Å²) in [6.07, 6.45) is 0.938. The first kappa shape index (κ1) is 21.7. The summed E-state index contributed by atoms with van der Waals surface area (Å²) in [6, 6.07) is 10.7. The van der Waals surface area contributed by atoms with E-state index >= 15 is 0 Å². The molecule has 0 heterocycles. The van der Waals surface area contributed by atoms with Gasteiger partial charge in [-0.2, -0.15) is 0 Å². The van der Waals surface area contributed by atoms with Crippen LogP contribution in [0.2, 0.25) is 0 Å². The molecule has 0 aliphatic heterocycles. The molecule has 142 valence electrons. The molecule has 2 heteroatoms. The zero-order chi connectivity index (χ0) is 19.5. The monoisotopic (exact) mass is 346 g/mol. The molecule has 0 saturated heterocycles. The zero-order valence-electron chi connectivity index (χ0n) is 17.8. The molecule has 0 radical (unpaired) electrons. The molecule has 1 aromatic rings. The minimum Gasteiger partial charge on any atom is -0.466 e. The van der Waals surface area contributed by atoms with Crippen molar-refractivity contribution in [2.45, 2.75) is 74.7 Å². The van der Waals surface area contributed by atoms with E-state index < -0.39 is 5.41 Å². The van der Waals surface area contributed by atoms with Gasteiger partial charge in [0.25, 0.3) is 0 Å². The van der Waals surface area contributed by atoms with Gasteiger partial charge in [0, 0.05) is 0 Å². The second-order valence-corrected chi connectivity index (χ2v) is 9.37. The third kappa shape index (κ3) is 4.65.